The first-order valence-corrected chi connectivity index (χ1v) is 10.4. The van der Waals surface area contributed by atoms with Gasteiger partial charge in [0.05, 0.1) is 11.4 Å². The number of hydrogen-bond acceptors (Lipinski definition) is 6. The second kappa shape index (κ2) is 8.34. The first-order valence-electron chi connectivity index (χ1n) is 8.79. The summed E-state index contributed by atoms with van der Waals surface area (Å²) in [4.78, 5) is 24.6. The molecule has 1 aliphatic heterocycles. The van der Waals surface area contributed by atoms with Gasteiger partial charge in [-0.1, -0.05) is 18.2 Å². The van der Waals surface area contributed by atoms with E-state index in [-0.39, 0.29) is 18.1 Å². The number of anilines is 2. The van der Waals surface area contributed by atoms with E-state index in [0.717, 1.165) is 0 Å². The SMILES string of the molecule is CN(c1ccccc1)S(=O)(=O)CCC(=O)N1CCN(c2ncccn2)CC1. The van der Waals surface area contributed by atoms with Gasteiger partial charge in [0.1, 0.15) is 0 Å². The van der Waals surface area contributed by atoms with Crippen molar-refractivity contribution < 1.29 is 13.2 Å². The molecule has 2 aromatic rings. The fourth-order valence-corrected chi connectivity index (χ4v) is 4.07. The second-order valence-corrected chi connectivity index (χ2v) is 8.41. The summed E-state index contributed by atoms with van der Waals surface area (Å²) in [5, 5.41) is 0. The molecule has 0 radical (unpaired) electrons. The molecule has 0 unspecified atom stereocenters. The number of piperazine rings is 1. The van der Waals surface area contributed by atoms with E-state index < -0.39 is 10.0 Å². The third-order valence-electron chi connectivity index (χ3n) is 4.58. The lowest BCUT2D eigenvalue weighted by Gasteiger charge is -2.34. The van der Waals surface area contributed by atoms with Crippen LogP contribution in [0.15, 0.2) is 48.8 Å². The summed E-state index contributed by atoms with van der Waals surface area (Å²) in [6.45, 7) is 2.33. The second-order valence-electron chi connectivity index (χ2n) is 6.29. The van der Waals surface area contributed by atoms with Crippen molar-refractivity contribution in [2.75, 3.05) is 48.2 Å². The van der Waals surface area contributed by atoms with Gasteiger partial charge in [0, 0.05) is 52.0 Å². The first-order chi connectivity index (χ1) is 13.0. The van der Waals surface area contributed by atoms with Crippen molar-refractivity contribution in [2.24, 2.45) is 0 Å². The zero-order valence-electron chi connectivity index (χ0n) is 15.2. The minimum Gasteiger partial charge on any atom is -0.339 e. The summed E-state index contributed by atoms with van der Waals surface area (Å²) in [7, 11) is -2.04. The van der Waals surface area contributed by atoms with Crippen molar-refractivity contribution in [1.82, 2.24) is 14.9 Å². The van der Waals surface area contributed by atoms with Gasteiger partial charge in [-0.15, -0.1) is 0 Å². The monoisotopic (exact) mass is 389 g/mol. The van der Waals surface area contributed by atoms with Gasteiger partial charge in [-0.25, -0.2) is 18.4 Å². The number of aromatic nitrogens is 2. The smallest absolute Gasteiger partial charge is 0.235 e. The number of hydrogen-bond donors (Lipinski definition) is 0. The van der Waals surface area contributed by atoms with Crippen LogP contribution in [0.3, 0.4) is 0 Å². The summed E-state index contributed by atoms with van der Waals surface area (Å²) in [6.07, 6.45) is 3.35. The Bertz CT molecular complexity index is 853. The van der Waals surface area contributed by atoms with E-state index in [9.17, 15) is 13.2 Å². The Morgan fingerprint density at radius 3 is 2.30 bits per heavy atom. The quantitative estimate of drug-likeness (QED) is 0.732. The maximum atomic E-state index is 12.5. The van der Waals surface area contributed by atoms with Crippen LogP contribution in [0.1, 0.15) is 6.42 Å². The molecular weight excluding hydrogens is 366 g/mol. The molecular formula is C18H23N5O3S. The van der Waals surface area contributed by atoms with Crippen LogP contribution in [0.5, 0.6) is 0 Å². The third-order valence-corrected chi connectivity index (χ3v) is 6.34. The lowest BCUT2D eigenvalue weighted by molar-refractivity contribution is -0.131. The van der Waals surface area contributed by atoms with Gasteiger partial charge >= 0.3 is 0 Å². The minimum absolute atomic E-state index is 0.0264. The highest BCUT2D eigenvalue weighted by Crippen LogP contribution is 2.16. The zero-order valence-corrected chi connectivity index (χ0v) is 16.0. The summed E-state index contributed by atoms with van der Waals surface area (Å²) in [5.41, 5.74) is 0.585. The highest BCUT2D eigenvalue weighted by molar-refractivity contribution is 7.92. The molecule has 2 heterocycles. The molecule has 27 heavy (non-hydrogen) atoms. The number of benzene rings is 1. The van der Waals surface area contributed by atoms with E-state index in [1.807, 2.05) is 11.0 Å². The topological polar surface area (TPSA) is 86.7 Å². The number of carbonyl (C=O) groups is 1. The average molecular weight is 389 g/mol. The lowest BCUT2D eigenvalue weighted by atomic mass is 10.3. The summed E-state index contributed by atoms with van der Waals surface area (Å²) < 4.78 is 26.2. The molecule has 1 aromatic carbocycles. The molecule has 0 N–H and O–H groups in total. The molecule has 0 spiro atoms. The van der Waals surface area contributed by atoms with Gasteiger partial charge in [-0.2, -0.15) is 0 Å². The molecule has 8 nitrogen and oxygen atoms in total. The third kappa shape index (κ3) is 4.73. The van der Waals surface area contributed by atoms with Crippen LogP contribution in [-0.2, 0) is 14.8 Å². The number of para-hydroxylation sites is 1. The predicted octanol–water partition coefficient (Wildman–Crippen LogP) is 0.981. The van der Waals surface area contributed by atoms with Crippen LogP contribution < -0.4 is 9.21 Å². The Morgan fingerprint density at radius 1 is 1.04 bits per heavy atom. The number of nitrogens with zero attached hydrogens (tertiary/aromatic N) is 5. The predicted molar refractivity (Wildman–Crippen MR) is 104 cm³/mol. The van der Waals surface area contributed by atoms with E-state index in [4.69, 9.17) is 0 Å². The van der Waals surface area contributed by atoms with Gasteiger partial charge in [-0.05, 0) is 18.2 Å². The van der Waals surface area contributed by atoms with E-state index in [1.54, 1.807) is 47.6 Å². The number of carbonyl (C=O) groups excluding carboxylic acids is 1. The first kappa shape index (κ1) is 19.1. The standard InChI is InChI=1S/C18H23N5O3S/c1-21(16-6-3-2-4-7-16)27(25,26)15-8-17(24)22-11-13-23(14-12-22)18-19-9-5-10-20-18/h2-7,9-10H,8,11-15H2,1H3. The van der Waals surface area contributed by atoms with E-state index >= 15 is 0 Å². The highest BCUT2D eigenvalue weighted by Gasteiger charge is 2.25. The molecule has 0 atom stereocenters. The summed E-state index contributed by atoms with van der Waals surface area (Å²) >= 11 is 0. The van der Waals surface area contributed by atoms with Crippen LogP contribution in [0.2, 0.25) is 0 Å². The Labute approximate surface area is 159 Å². The molecule has 0 bridgehead atoms. The Morgan fingerprint density at radius 2 is 1.67 bits per heavy atom. The molecule has 1 amide bonds. The van der Waals surface area contributed by atoms with Crippen LogP contribution >= 0.6 is 0 Å². The van der Waals surface area contributed by atoms with Gasteiger partial charge in [0.25, 0.3) is 0 Å². The van der Waals surface area contributed by atoms with Gasteiger partial charge in [0.15, 0.2) is 0 Å². The zero-order chi connectivity index (χ0) is 19.3. The fourth-order valence-electron chi connectivity index (χ4n) is 2.92. The molecule has 3 rings (SSSR count). The van der Waals surface area contributed by atoms with Crippen molar-refractivity contribution in [3.8, 4) is 0 Å². The van der Waals surface area contributed by atoms with Crippen LogP contribution in [0.4, 0.5) is 11.6 Å². The molecule has 1 saturated heterocycles. The average Bonchev–Trinajstić information content (AvgIpc) is 2.73. The van der Waals surface area contributed by atoms with Crippen LogP contribution in [-0.4, -0.2) is 68.2 Å². The van der Waals surface area contributed by atoms with Crippen LogP contribution in [0, 0.1) is 0 Å². The van der Waals surface area contributed by atoms with Crippen molar-refractivity contribution in [3.63, 3.8) is 0 Å². The molecule has 9 heteroatoms. The highest BCUT2D eigenvalue weighted by atomic mass is 32.2. The summed E-state index contributed by atoms with van der Waals surface area (Å²) in [5.74, 6) is 0.296. The van der Waals surface area contributed by atoms with Crippen molar-refractivity contribution in [1.29, 1.82) is 0 Å². The Kier molecular flexibility index (Phi) is 5.90. The van der Waals surface area contributed by atoms with E-state index in [0.29, 0.717) is 37.8 Å². The number of amides is 1. The Hall–Kier alpha value is -2.68. The van der Waals surface area contributed by atoms with E-state index in [2.05, 4.69) is 9.97 Å². The fraction of sp³-hybridized carbons (Fsp3) is 0.389. The van der Waals surface area contributed by atoms with E-state index in [1.165, 1.54) is 11.4 Å². The van der Waals surface area contributed by atoms with Crippen molar-refractivity contribution in [2.45, 2.75) is 6.42 Å². The molecule has 0 aliphatic carbocycles. The maximum Gasteiger partial charge on any atom is 0.235 e. The molecule has 144 valence electrons. The number of rotatable bonds is 6. The van der Waals surface area contributed by atoms with Crippen LogP contribution in [0.25, 0.3) is 0 Å². The molecule has 1 aliphatic rings. The van der Waals surface area contributed by atoms with Gasteiger partial charge in [0.2, 0.25) is 21.9 Å². The van der Waals surface area contributed by atoms with Gasteiger partial charge < -0.3 is 9.80 Å². The summed E-state index contributed by atoms with van der Waals surface area (Å²) in [6, 6.07) is 10.6. The molecule has 1 aromatic heterocycles. The normalized spacial score (nSPS) is 14.9. The molecule has 1 fully saturated rings. The van der Waals surface area contributed by atoms with Crippen molar-refractivity contribution in [3.05, 3.63) is 48.8 Å². The minimum atomic E-state index is -3.55. The largest absolute Gasteiger partial charge is 0.339 e. The maximum absolute atomic E-state index is 12.5. The number of sulfonamides is 1. The lowest BCUT2D eigenvalue weighted by Crippen LogP contribution is -2.49. The van der Waals surface area contributed by atoms with Gasteiger partial charge in [-0.3, -0.25) is 9.10 Å². The van der Waals surface area contributed by atoms with Crippen molar-refractivity contribution >= 4 is 27.6 Å². The molecule has 0 saturated carbocycles. The Balaban J connectivity index is 1.51.